The topological polar surface area (TPSA) is 241 Å². The van der Waals surface area contributed by atoms with Crippen molar-refractivity contribution in [2.45, 2.75) is 8.38 Å². The van der Waals surface area contributed by atoms with Crippen LogP contribution in [-0.2, 0) is 31.2 Å². The maximum atomic E-state index is 10.4. The van der Waals surface area contributed by atoms with Crippen molar-refractivity contribution in [1.29, 1.82) is 0 Å². The molecule has 0 fully saturated rings. The molecule has 0 spiro atoms. The molecular weight excluding hydrogens is 664 g/mol. The van der Waals surface area contributed by atoms with Crippen LogP contribution in [0, 0.1) is 0 Å². The van der Waals surface area contributed by atoms with Crippen molar-refractivity contribution in [3.05, 3.63) is 0 Å². The van der Waals surface area contributed by atoms with Crippen LogP contribution in [0.5, 0.6) is 0 Å². The fourth-order valence-electron chi connectivity index (χ4n) is 0. The van der Waals surface area contributed by atoms with Gasteiger partial charge in [0.15, 0.2) is 0 Å². The van der Waals surface area contributed by atoms with Crippen molar-refractivity contribution >= 4 is 76.2 Å². The van der Waals surface area contributed by atoms with E-state index in [2.05, 4.69) is 0 Å². The van der Waals surface area contributed by atoms with Gasteiger partial charge in [-0.15, -0.1) is 0 Å². The van der Waals surface area contributed by atoms with Crippen LogP contribution >= 0.6 is 0 Å². The smallest absolute Gasteiger partial charge is 0.0311 e. The molecule has 0 saturated heterocycles. The third-order valence-electron chi connectivity index (χ3n) is 0. The summed E-state index contributed by atoms with van der Waals surface area (Å²) in [6.45, 7) is 0. The quantitative estimate of drug-likeness (QED) is 0.112. The van der Waals surface area contributed by atoms with Crippen LogP contribution in [0.25, 0.3) is 0 Å². The monoisotopic (exact) mass is 666 g/mol. The maximum absolute atomic E-state index is 10.4. The first-order chi connectivity index (χ1) is 10.0. The molecule has 0 aromatic rings. The average Bonchev–Trinajstić information content (AvgIpc) is 1.79. The summed E-state index contributed by atoms with van der Waals surface area (Å²) in [5, 5.41) is 0. The van der Waals surface area contributed by atoms with Crippen molar-refractivity contribution in [1.82, 2.24) is 0 Å². The van der Waals surface area contributed by atoms with Crippen LogP contribution in [-0.4, -0.2) is 106 Å². The van der Waals surface area contributed by atoms with Gasteiger partial charge in [0.25, 0.3) is 0 Å². The van der Waals surface area contributed by atoms with E-state index >= 15 is 0 Å². The Morgan fingerprint density at radius 2 is 0.480 bits per heavy atom. The van der Waals surface area contributed by atoms with Gasteiger partial charge in [-0.3, -0.25) is 25.3 Å². The zero-order chi connectivity index (χ0) is 22.5. The molecular formula is C2F6O12S3Sn2. The molecule has 0 heterocycles. The van der Waals surface area contributed by atoms with E-state index in [1.54, 1.807) is 0 Å². The van der Waals surface area contributed by atoms with E-state index in [-0.39, 0.29) is 45.0 Å². The SMILES string of the molecule is F[C](F)(F)[Sn+3].F[C](F)(F)[Sn+3].O=S(=O)([O-])[O-].O=S(=O)([O-])[O-].O=S(=O)([O-])[O-]. The minimum atomic E-state index is -5.17. The van der Waals surface area contributed by atoms with Crippen LogP contribution < -0.4 is 0 Å². The Morgan fingerprint density at radius 3 is 0.480 bits per heavy atom. The predicted octanol–water partition coefficient (Wildman–Crippen LogP) is -2.66. The van der Waals surface area contributed by atoms with Gasteiger partial charge in [0.1, 0.15) is 0 Å². The average molecular weight is 664 g/mol. The largest absolute Gasteiger partial charge is 0.759 e. The minimum absolute atomic E-state index is 0.382. The molecule has 0 unspecified atom stereocenters. The summed E-state index contributed by atoms with van der Waals surface area (Å²) in [6, 6.07) is 0. The molecule has 23 heteroatoms. The van der Waals surface area contributed by atoms with E-state index in [0.29, 0.717) is 0 Å². The Morgan fingerprint density at radius 1 is 0.480 bits per heavy atom. The van der Waals surface area contributed by atoms with Crippen molar-refractivity contribution in [3.8, 4) is 0 Å². The Hall–Kier alpha value is 0.787. The summed E-state index contributed by atoms with van der Waals surface area (Å²) in [5.41, 5.74) is 0. The van der Waals surface area contributed by atoms with Gasteiger partial charge < -0.3 is 27.3 Å². The van der Waals surface area contributed by atoms with Crippen molar-refractivity contribution in [3.63, 3.8) is 0 Å². The van der Waals surface area contributed by atoms with Crippen LogP contribution in [0.4, 0.5) is 26.3 Å². The molecule has 0 saturated carbocycles. The van der Waals surface area contributed by atoms with E-state index in [1.807, 2.05) is 0 Å². The van der Waals surface area contributed by atoms with Gasteiger partial charge in [0, 0.05) is 31.2 Å². The first-order valence-corrected chi connectivity index (χ1v) is 10.5. The number of hydrogen-bond donors (Lipinski definition) is 0. The molecule has 0 amide bonds. The predicted molar refractivity (Wildman–Crippen MR) is 55.0 cm³/mol. The summed E-state index contributed by atoms with van der Waals surface area (Å²) in [7, 11) is -15.5. The summed E-state index contributed by atoms with van der Waals surface area (Å²) < 4.78 is 157. The Balaban J connectivity index is -0.0000000667. The first-order valence-electron chi connectivity index (χ1n) is 3.63. The Labute approximate surface area is 162 Å². The molecule has 0 radical (unpaired) electrons. The standard InChI is InChI=1S/2CF3.3H2O4S.2Sn/c2*2-1(3)4;3*1-5(2,3)4;;/h;;3*(H2,1,2,3,4);;/q;;;;;2*+3/p-6. The first kappa shape index (κ1) is 36.7. The zero-order valence-corrected chi connectivity index (χ0v) is 18.5. The molecule has 0 N–H and O–H groups in total. The van der Waals surface area contributed by atoms with Crippen molar-refractivity contribution in [2.75, 3.05) is 0 Å². The molecule has 0 aliphatic heterocycles. The maximum Gasteiger partial charge on any atom is 0.0311 e. The van der Waals surface area contributed by atoms with Crippen molar-refractivity contribution < 1.29 is 78.9 Å². The van der Waals surface area contributed by atoms with E-state index in [9.17, 15) is 26.3 Å². The van der Waals surface area contributed by atoms with Crippen molar-refractivity contribution in [2.24, 2.45) is 0 Å². The van der Waals surface area contributed by atoms with Gasteiger partial charge in [0.05, 0.1) is 0 Å². The van der Waals surface area contributed by atoms with Gasteiger partial charge in [-0.25, -0.2) is 0 Å². The normalized spacial score (nSPS) is 11.8. The summed E-state index contributed by atoms with van der Waals surface area (Å²) >= 11 is -0.765. The summed E-state index contributed by atoms with van der Waals surface area (Å²) in [4.78, 5) is 0. The van der Waals surface area contributed by atoms with E-state index in [0.717, 1.165) is 0 Å². The van der Waals surface area contributed by atoms with Gasteiger partial charge in [-0.1, -0.05) is 0 Å². The van der Waals surface area contributed by atoms with E-state index in [4.69, 9.17) is 52.6 Å². The molecule has 0 rings (SSSR count). The zero-order valence-electron chi connectivity index (χ0n) is 10.4. The number of rotatable bonds is 0. The molecule has 148 valence electrons. The number of alkyl halides is 6. The van der Waals surface area contributed by atoms with Gasteiger partial charge >= 0.3 is 79.8 Å². The molecule has 0 aliphatic carbocycles. The third-order valence-corrected chi connectivity index (χ3v) is 0. The number of hydrogen-bond acceptors (Lipinski definition) is 12. The molecule has 25 heavy (non-hydrogen) atoms. The number of halogens is 6. The molecule has 0 aliphatic rings. The third kappa shape index (κ3) is 20800. The summed E-state index contributed by atoms with van der Waals surface area (Å²) in [5.74, 6) is 0. The molecule has 0 aromatic heterocycles. The van der Waals surface area contributed by atoms with E-state index in [1.165, 1.54) is 0 Å². The van der Waals surface area contributed by atoms with Gasteiger partial charge in [0.2, 0.25) is 0 Å². The summed E-state index contributed by atoms with van der Waals surface area (Å²) in [6.07, 6.45) is 0. The van der Waals surface area contributed by atoms with E-state index < -0.39 is 39.6 Å². The van der Waals surface area contributed by atoms with Gasteiger partial charge in [-0.2, -0.15) is 0 Å². The molecule has 0 atom stereocenters. The molecule has 12 nitrogen and oxygen atoms in total. The Bertz CT molecular complexity index is 497. The second-order valence-corrected chi connectivity index (χ2v) is 7.91. The second kappa shape index (κ2) is 14.8. The van der Waals surface area contributed by atoms with Crippen LogP contribution in [0.2, 0.25) is 0 Å². The molecule has 0 bridgehead atoms. The van der Waals surface area contributed by atoms with Crippen LogP contribution in [0.1, 0.15) is 0 Å². The van der Waals surface area contributed by atoms with Crippen LogP contribution in [0.15, 0.2) is 0 Å². The van der Waals surface area contributed by atoms with Crippen LogP contribution in [0.3, 0.4) is 0 Å². The second-order valence-electron chi connectivity index (χ2n) is 2.22. The minimum Gasteiger partial charge on any atom is -0.759 e. The fourth-order valence-corrected chi connectivity index (χ4v) is 0. The van der Waals surface area contributed by atoms with Gasteiger partial charge in [-0.05, 0) is 0 Å². The molecule has 0 aromatic carbocycles. The fraction of sp³-hybridized carbons (Fsp3) is 1.00. The Kier molecular flexibility index (Phi) is 21.7.